The van der Waals surface area contributed by atoms with E-state index in [4.69, 9.17) is 4.74 Å². The Hall–Kier alpha value is -4.32. The molecule has 0 saturated carbocycles. The van der Waals surface area contributed by atoms with Crippen molar-refractivity contribution < 1.29 is 24.5 Å². The second kappa shape index (κ2) is 10.3. The summed E-state index contributed by atoms with van der Waals surface area (Å²) in [6.45, 7) is 0.201. The number of hydrogen-bond donors (Lipinski definition) is 2. The molecule has 33 heavy (non-hydrogen) atoms. The Morgan fingerprint density at radius 2 is 1.70 bits per heavy atom. The van der Waals surface area contributed by atoms with Crippen LogP contribution in [0.3, 0.4) is 0 Å². The molecule has 0 aliphatic carbocycles. The van der Waals surface area contributed by atoms with E-state index in [1.165, 1.54) is 18.3 Å². The van der Waals surface area contributed by atoms with Crippen molar-refractivity contribution >= 4 is 39.4 Å². The average molecular weight is 515 g/mol. The molecule has 0 aliphatic rings. The fourth-order valence-corrected chi connectivity index (χ4v) is 3.15. The molecule has 2 N–H and O–H groups in total. The summed E-state index contributed by atoms with van der Waals surface area (Å²) in [4.78, 5) is 32.5. The number of nitrogens with zero attached hydrogens (tertiary/aromatic N) is 3. The Morgan fingerprint density at radius 3 is 2.33 bits per heavy atom. The van der Waals surface area contributed by atoms with Crippen molar-refractivity contribution in [2.45, 2.75) is 6.61 Å². The van der Waals surface area contributed by atoms with Gasteiger partial charge in [0.05, 0.1) is 26.1 Å². The molecular formula is C21H15BrN4O7. The first-order chi connectivity index (χ1) is 15.7. The molecule has 0 radical (unpaired) electrons. The van der Waals surface area contributed by atoms with E-state index in [1.807, 2.05) is 0 Å². The fourth-order valence-electron chi connectivity index (χ4n) is 2.63. The van der Waals surface area contributed by atoms with E-state index in [-0.39, 0.29) is 23.5 Å². The van der Waals surface area contributed by atoms with Gasteiger partial charge in [0, 0.05) is 24.3 Å². The first-order valence-electron chi connectivity index (χ1n) is 9.21. The van der Waals surface area contributed by atoms with E-state index in [1.54, 1.807) is 30.3 Å². The predicted octanol–water partition coefficient (Wildman–Crippen LogP) is 4.31. The van der Waals surface area contributed by atoms with E-state index in [0.29, 0.717) is 15.8 Å². The minimum Gasteiger partial charge on any atom is -0.507 e. The summed E-state index contributed by atoms with van der Waals surface area (Å²) in [7, 11) is 0. The molecule has 0 unspecified atom stereocenters. The van der Waals surface area contributed by atoms with E-state index < -0.39 is 21.5 Å². The van der Waals surface area contributed by atoms with E-state index in [9.17, 15) is 30.1 Å². The van der Waals surface area contributed by atoms with Crippen molar-refractivity contribution in [3.63, 3.8) is 0 Å². The normalized spacial score (nSPS) is 10.7. The summed E-state index contributed by atoms with van der Waals surface area (Å²) in [6.07, 6.45) is 1.34. The molecule has 0 fully saturated rings. The van der Waals surface area contributed by atoms with Gasteiger partial charge in [-0.15, -0.1) is 0 Å². The van der Waals surface area contributed by atoms with Crippen LogP contribution >= 0.6 is 15.9 Å². The number of phenols is 1. The van der Waals surface area contributed by atoms with Crippen molar-refractivity contribution in [1.82, 2.24) is 5.43 Å². The van der Waals surface area contributed by atoms with Crippen LogP contribution in [-0.2, 0) is 6.61 Å². The topological polar surface area (TPSA) is 157 Å². The fraction of sp³-hybridized carbons (Fsp3) is 0.0476. The summed E-state index contributed by atoms with van der Waals surface area (Å²) < 4.78 is 6.32. The van der Waals surface area contributed by atoms with E-state index >= 15 is 0 Å². The molecule has 3 rings (SSSR count). The summed E-state index contributed by atoms with van der Waals surface area (Å²) in [5.74, 6) is -0.698. The minimum atomic E-state index is -0.811. The molecule has 0 aromatic heterocycles. The number of benzene rings is 3. The van der Waals surface area contributed by atoms with Crippen molar-refractivity contribution in [3.8, 4) is 11.5 Å². The highest BCUT2D eigenvalue weighted by Gasteiger charge is 2.16. The second-order valence-electron chi connectivity index (χ2n) is 6.56. The molecule has 3 aromatic rings. The lowest BCUT2D eigenvalue weighted by molar-refractivity contribution is -0.385. The van der Waals surface area contributed by atoms with Gasteiger partial charge in [-0.3, -0.25) is 25.0 Å². The number of ether oxygens (including phenoxy) is 1. The number of non-ortho nitro benzene ring substituents is 2. The highest BCUT2D eigenvalue weighted by molar-refractivity contribution is 9.10. The van der Waals surface area contributed by atoms with Crippen LogP contribution in [0.1, 0.15) is 21.5 Å². The molecule has 0 saturated heterocycles. The van der Waals surface area contributed by atoms with Crippen LogP contribution in [0.15, 0.2) is 70.2 Å². The average Bonchev–Trinajstić information content (AvgIpc) is 2.78. The summed E-state index contributed by atoms with van der Waals surface area (Å²) in [6, 6.07) is 14.1. The van der Waals surface area contributed by atoms with Gasteiger partial charge in [-0.1, -0.05) is 0 Å². The highest BCUT2D eigenvalue weighted by atomic mass is 79.9. The maximum Gasteiger partial charge on any atom is 0.275 e. The number of nitrogens with one attached hydrogen (secondary N) is 1. The smallest absolute Gasteiger partial charge is 0.275 e. The number of amides is 1. The molecule has 12 heteroatoms. The number of carbonyl (C=O) groups excluding carboxylic acids is 1. The highest BCUT2D eigenvalue weighted by Crippen LogP contribution is 2.27. The van der Waals surface area contributed by atoms with Crippen LogP contribution in [0.5, 0.6) is 11.5 Å². The Bertz CT molecular complexity index is 1250. The Morgan fingerprint density at radius 1 is 1.03 bits per heavy atom. The zero-order valence-corrected chi connectivity index (χ0v) is 18.3. The molecule has 0 bridgehead atoms. The number of carbonyl (C=O) groups is 1. The largest absolute Gasteiger partial charge is 0.507 e. The molecule has 0 aliphatic heterocycles. The van der Waals surface area contributed by atoms with E-state index in [0.717, 1.165) is 23.8 Å². The number of halogens is 1. The van der Waals surface area contributed by atoms with Gasteiger partial charge in [0.25, 0.3) is 17.3 Å². The molecule has 168 valence electrons. The molecular weight excluding hydrogens is 500 g/mol. The van der Waals surface area contributed by atoms with E-state index in [2.05, 4.69) is 26.5 Å². The van der Waals surface area contributed by atoms with Crippen molar-refractivity contribution in [1.29, 1.82) is 0 Å². The van der Waals surface area contributed by atoms with Gasteiger partial charge in [0.2, 0.25) is 0 Å². The molecule has 0 heterocycles. The van der Waals surface area contributed by atoms with Crippen molar-refractivity contribution in [2.24, 2.45) is 5.10 Å². The van der Waals surface area contributed by atoms with Crippen molar-refractivity contribution in [2.75, 3.05) is 0 Å². The number of rotatable bonds is 8. The second-order valence-corrected chi connectivity index (χ2v) is 7.41. The van der Waals surface area contributed by atoms with Gasteiger partial charge in [0.1, 0.15) is 18.1 Å². The van der Waals surface area contributed by atoms with Gasteiger partial charge in [-0.2, -0.15) is 5.10 Å². The number of hydrogen-bond acceptors (Lipinski definition) is 8. The Labute approximate surface area is 194 Å². The molecule has 1 amide bonds. The lowest BCUT2D eigenvalue weighted by Crippen LogP contribution is -2.18. The molecule has 3 aromatic carbocycles. The first-order valence-corrected chi connectivity index (χ1v) is 10.0. The number of hydrazone groups is 1. The third kappa shape index (κ3) is 6.11. The molecule has 11 nitrogen and oxygen atoms in total. The lowest BCUT2D eigenvalue weighted by Gasteiger charge is -2.09. The van der Waals surface area contributed by atoms with Crippen LogP contribution < -0.4 is 10.2 Å². The van der Waals surface area contributed by atoms with Crippen LogP contribution in [0.4, 0.5) is 11.4 Å². The van der Waals surface area contributed by atoms with Crippen LogP contribution in [0, 0.1) is 20.2 Å². The van der Waals surface area contributed by atoms with Crippen LogP contribution in [-0.4, -0.2) is 27.1 Å². The first kappa shape index (κ1) is 23.3. The van der Waals surface area contributed by atoms with Crippen LogP contribution in [0.2, 0.25) is 0 Å². The Balaban J connectivity index is 1.60. The minimum absolute atomic E-state index is 0.00337. The van der Waals surface area contributed by atoms with Gasteiger partial charge in [-0.25, -0.2) is 5.43 Å². The number of aromatic hydroxyl groups is 1. The Kier molecular flexibility index (Phi) is 7.31. The number of nitro groups is 2. The summed E-state index contributed by atoms with van der Waals surface area (Å²) in [5.41, 5.74) is 2.94. The predicted molar refractivity (Wildman–Crippen MR) is 121 cm³/mol. The number of nitro benzene ring substituents is 2. The molecule has 0 spiro atoms. The SMILES string of the molecule is O=C(N/N=C/c1ccc(OCc2ccc([N+](=O)[O-])cc2)c(Br)c1)c1cc([N+](=O)[O-])ccc1O. The summed E-state index contributed by atoms with van der Waals surface area (Å²) in [5, 5.41) is 35.1. The quantitative estimate of drug-likeness (QED) is 0.257. The monoisotopic (exact) mass is 514 g/mol. The maximum absolute atomic E-state index is 12.2. The van der Waals surface area contributed by atoms with Gasteiger partial charge < -0.3 is 9.84 Å². The summed E-state index contributed by atoms with van der Waals surface area (Å²) >= 11 is 3.38. The lowest BCUT2D eigenvalue weighted by atomic mass is 10.1. The zero-order valence-electron chi connectivity index (χ0n) is 16.7. The third-order valence-electron chi connectivity index (χ3n) is 4.31. The third-order valence-corrected chi connectivity index (χ3v) is 4.93. The zero-order chi connectivity index (χ0) is 24.0. The van der Waals surface area contributed by atoms with Crippen LogP contribution in [0.25, 0.3) is 0 Å². The van der Waals surface area contributed by atoms with Gasteiger partial charge in [0.15, 0.2) is 0 Å². The maximum atomic E-state index is 12.2. The van der Waals surface area contributed by atoms with Gasteiger partial charge >= 0.3 is 0 Å². The molecule has 0 atom stereocenters. The van der Waals surface area contributed by atoms with Crippen molar-refractivity contribution in [3.05, 3.63) is 102 Å². The standard InChI is InChI=1S/C21H15BrN4O7/c22-18-9-14(3-8-20(18)33-12-13-1-4-15(5-2-13)25(29)30)11-23-24-21(28)17-10-16(26(31)32)6-7-19(17)27/h1-11,27H,12H2,(H,24,28)/b23-11+. The van der Waals surface area contributed by atoms with Gasteiger partial charge in [-0.05, 0) is 63.5 Å². The number of phenolic OH excluding ortho intramolecular Hbond substituents is 1.